The second kappa shape index (κ2) is 43.3. The predicted molar refractivity (Wildman–Crippen MR) is 380 cm³/mol. The molecule has 9 aromatic rings. The van der Waals surface area contributed by atoms with Gasteiger partial charge in [0.2, 0.25) is 0 Å². The van der Waals surface area contributed by atoms with Gasteiger partial charge in [-0.25, -0.2) is 4.39 Å². The highest BCUT2D eigenvalue weighted by Gasteiger charge is 2.11. The van der Waals surface area contributed by atoms with Crippen molar-refractivity contribution >= 4 is 141 Å². The summed E-state index contributed by atoms with van der Waals surface area (Å²) in [4.78, 5) is 0. The van der Waals surface area contributed by atoms with Gasteiger partial charge in [-0.05, 0) is 188 Å². The van der Waals surface area contributed by atoms with E-state index < -0.39 is 0 Å². The molecule has 0 heterocycles. The van der Waals surface area contributed by atoms with E-state index in [-0.39, 0.29) is 11.7 Å². The van der Waals surface area contributed by atoms with Gasteiger partial charge in [-0.1, -0.05) is 234 Å². The van der Waals surface area contributed by atoms with Crippen LogP contribution in [-0.4, -0.2) is 0 Å². The maximum Gasteiger partial charge on any atom is 0.129 e. The molecule has 0 fully saturated rings. The van der Waals surface area contributed by atoms with Crippen LogP contribution < -0.4 is 0 Å². The predicted octanol–water partition coefficient (Wildman–Crippen LogP) is 26.4. The van der Waals surface area contributed by atoms with Gasteiger partial charge in [0, 0.05) is 60.1 Å². The average Bonchev–Trinajstić information content (AvgIpc) is 3.59. The van der Waals surface area contributed by atoms with E-state index in [9.17, 15) is 4.39 Å². The summed E-state index contributed by atoms with van der Waals surface area (Å²) in [6.07, 6.45) is 0. The highest BCUT2D eigenvalue weighted by atomic mass is 79.9. The van der Waals surface area contributed by atoms with E-state index in [1.807, 2.05) is 66.7 Å². The first-order chi connectivity index (χ1) is 39.7. The molecule has 0 atom stereocenters. The number of halogens is 12. The Morgan fingerprint density at radius 1 is 0.361 bits per heavy atom. The van der Waals surface area contributed by atoms with Crippen LogP contribution >= 0.6 is 141 Å². The van der Waals surface area contributed by atoms with Gasteiger partial charge in [-0.3, -0.25) is 0 Å². The van der Waals surface area contributed by atoms with Gasteiger partial charge >= 0.3 is 0 Å². The fraction of sp³-hybridized carbons (Fsp3) is 0.239. The molecule has 0 N–H and O–H groups in total. The number of aryl methyl sites for hydroxylation is 4. The Morgan fingerprint density at radius 3 is 1.30 bits per heavy atom. The minimum Gasteiger partial charge on any atom is -0.207 e. The van der Waals surface area contributed by atoms with Gasteiger partial charge in [0.05, 0.1) is 5.88 Å². The van der Waals surface area contributed by atoms with Gasteiger partial charge in [-0.2, -0.15) is 0 Å². The van der Waals surface area contributed by atoms with Gasteiger partial charge < -0.3 is 0 Å². The van der Waals surface area contributed by atoms with Crippen LogP contribution in [0.4, 0.5) is 4.39 Å². The first kappa shape index (κ1) is 75.8. The highest BCUT2D eigenvalue weighted by Crippen LogP contribution is 2.28. The van der Waals surface area contributed by atoms with Crippen molar-refractivity contribution in [3.8, 4) is 11.1 Å². The molecule has 0 aliphatic rings. The molecule has 0 saturated heterocycles. The van der Waals surface area contributed by atoms with Crippen molar-refractivity contribution in [2.75, 3.05) is 0 Å². The Labute approximate surface area is 561 Å². The Bertz CT molecular complexity index is 3120. The molecular weight excluding hydrogens is 1400 g/mol. The normalized spacial score (nSPS) is 9.89. The molecule has 0 aliphatic carbocycles. The van der Waals surface area contributed by atoms with Gasteiger partial charge in [0.25, 0.3) is 0 Å². The van der Waals surface area contributed by atoms with Crippen LogP contribution in [-0.2, 0) is 45.9 Å². The Morgan fingerprint density at radius 2 is 0.843 bits per heavy atom. The van der Waals surface area contributed by atoms with Crippen molar-refractivity contribution in [2.24, 2.45) is 0 Å². The maximum absolute atomic E-state index is 12.7. The third-order valence-corrected chi connectivity index (χ3v) is 17.2. The highest BCUT2D eigenvalue weighted by molar-refractivity contribution is 9.10. The quantitative estimate of drug-likeness (QED) is 0.126. The van der Waals surface area contributed by atoms with Crippen LogP contribution in [0.2, 0.25) is 10.0 Å². The summed E-state index contributed by atoms with van der Waals surface area (Å²) >= 11 is 55.2. The summed E-state index contributed by atoms with van der Waals surface area (Å²) in [5.74, 6) is 2.76. The van der Waals surface area contributed by atoms with Crippen molar-refractivity contribution in [3.05, 3.63) is 303 Å². The SMILES string of the molecule is BrCc1ccc(Br)cc1.BrCc1ccccc1-c1ccccc1.Cc1c(C)c(C)c(CCl)c(C)c1C.Cc1ccc(CCl)cc1.Cc1ccc(CCl)cc1C.Cc1cccc(CCl)c1.ClCc1cccc(Cl)c1.Fc1cccc(Cl)c1CCl. The molecule has 83 heavy (non-hydrogen) atoms. The van der Waals surface area contributed by atoms with Crippen LogP contribution in [0, 0.1) is 68.1 Å². The van der Waals surface area contributed by atoms with Crippen molar-refractivity contribution in [2.45, 2.75) is 108 Å². The van der Waals surface area contributed by atoms with E-state index in [1.165, 1.54) is 101 Å². The van der Waals surface area contributed by atoms with Crippen LogP contribution in [0.5, 0.6) is 0 Å². The zero-order valence-corrected chi connectivity index (χ0v) is 59.4. The van der Waals surface area contributed by atoms with E-state index in [1.54, 1.807) is 12.1 Å². The summed E-state index contributed by atoms with van der Waals surface area (Å²) < 4.78 is 13.8. The Kier molecular flexibility index (Phi) is 39.5. The molecule has 0 unspecified atom stereocenters. The minimum absolute atomic E-state index is 0.117. The van der Waals surface area contributed by atoms with Crippen molar-refractivity contribution in [3.63, 3.8) is 0 Å². The minimum atomic E-state index is -0.345. The summed E-state index contributed by atoms with van der Waals surface area (Å²) in [6.45, 7) is 19.2. The zero-order valence-electron chi connectivity index (χ0n) is 48.6. The van der Waals surface area contributed by atoms with Gasteiger partial charge in [-0.15, -0.1) is 69.6 Å². The van der Waals surface area contributed by atoms with E-state index in [2.05, 4.69) is 213 Å². The fourth-order valence-electron chi connectivity index (χ4n) is 7.53. The van der Waals surface area contributed by atoms with Crippen LogP contribution in [0.3, 0.4) is 0 Å². The molecule has 0 saturated carbocycles. The lowest BCUT2D eigenvalue weighted by atomic mass is 9.90. The number of hydrogen-bond acceptors (Lipinski definition) is 0. The standard InChI is InChI=1S/C13H11Br.C12H17Cl.C9H11Cl.2C8H9Cl.C7H6Br2.C7H5Cl2F.C7H6Cl2/c14-10-12-8-4-5-9-13(12)11-6-2-1-3-7-11;1-7-8(2)10(4)12(6-13)11(5)9(7)3;1-7-3-4-9(6-10)5-8(7)2;1-7-2-4-8(6-9)5-3-7;1-7-3-2-4-8(5-7)6-9;8-5-6-1-3-7(9)4-2-6;8-4-5-6(9)2-1-3-7(5)10;8-5-6-2-1-3-7(9)4-6/h1-9H,10H2;6H2,1-5H3;3-5H,6H2,1-2H3;2*2-5H,6H2,1H3;1-4H,5H2;1-3H,4H2;1-4H,5H2. The second-order valence-corrected chi connectivity index (χ2v) is 23.5. The third kappa shape index (κ3) is 28.8. The lowest BCUT2D eigenvalue weighted by molar-refractivity contribution is 0.617. The number of hydrogen-bond donors (Lipinski definition) is 0. The van der Waals surface area contributed by atoms with Crippen molar-refractivity contribution in [1.29, 1.82) is 0 Å². The molecule has 442 valence electrons. The van der Waals surface area contributed by atoms with Gasteiger partial charge in [0.15, 0.2) is 0 Å². The second-order valence-electron chi connectivity index (χ2n) is 19.0. The molecule has 0 radical (unpaired) electrons. The van der Waals surface area contributed by atoms with Crippen LogP contribution in [0.15, 0.2) is 193 Å². The topological polar surface area (TPSA) is 0 Å². The first-order valence-electron chi connectivity index (χ1n) is 26.5. The Hall–Kier alpha value is -3.33. The van der Waals surface area contributed by atoms with Crippen LogP contribution in [0.1, 0.15) is 94.6 Å². The third-order valence-electron chi connectivity index (χ3n) is 13.1. The van der Waals surface area contributed by atoms with Crippen molar-refractivity contribution < 1.29 is 4.39 Å². The molecule has 0 amide bonds. The number of alkyl halides is 8. The molecule has 0 aliphatic heterocycles. The Balaban J connectivity index is 0.000000326. The molecule has 0 bridgehead atoms. The smallest absolute Gasteiger partial charge is 0.129 e. The summed E-state index contributed by atoms with van der Waals surface area (Å²) in [6, 6.07) is 61.9. The first-order valence-corrected chi connectivity index (χ1v) is 33.5. The molecule has 0 spiro atoms. The molecular formula is C71H74Br3Cl8F. The monoisotopic (exact) mass is 1460 g/mol. The van der Waals surface area contributed by atoms with E-state index in [0.29, 0.717) is 40.0 Å². The fourth-order valence-corrected chi connectivity index (χ4v) is 10.5. The molecule has 12 heteroatoms. The molecule has 9 rings (SSSR count). The lowest BCUT2D eigenvalue weighted by Crippen LogP contribution is -2.00. The maximum atomic E-state index is 12.7. The number of rotatable bonds is 9. The summed E-state index contributed by atoms with van der Waals surface area (Å²) in [7, 11) is 0. The zero-order chi connectivity index (χ0) is 61.9. The lowest BCUT2D eigenvalue weighted by Gasteiger charge is -2.16. The largest absolute Gasteiger partial charge is 0.207 e. The average molecular weight is 1470 g/mol. The van der Waals surface area contributed by atoms with E-state index in [4.69, 9.17) is 92.8 Å². The molecule has 0 nitrogen and oxygen atoms in total. The van der Waals surface area contributed by atoms with Crippen LogP contribution in [0.25, 0.3) is 11.1 Å². The molecule has 9 aromatic carbocycles. The molecule has 0 aromatic heterocycles. The van der Waals surface area contributed by atoms with E-state index >= 15 is 0 Å². The number of benzene rings is 9. The summed E-state index contributed by atoms with van der Waals surface area (Å²) in [5.41, 5.74) is 23.6. The summed E-state index contributed by atoms with van der Waals surface area (Å²) in [5, 5.41) is 2.96. The van der Waals surface area contributed by atoms with E-state index in [0.717, 1.165) is 25.7 Å². The van der Waals surface area contributed by atoms with Crippen molar-refractivity contribution in [1.82, 2.24) is 0 Å². The van der Waals surface area contributed by atoms with Gasteiger partial charge in [0.1, 0.15) is 5.82 Å².